The Balaban J connectivity index is 1.61. The molecule has 0 unspecified atom stereocenters. The van der Waals surface area contributed by atoms with Gasteiger partial charge in [-0.2, -0.15) is 0 Å². The van der Waals surface area contributed by atoms with Gasteiger partial charge in [-0.05, 0) is 36.4 Å². The topological polar surface area (TPSA) is 162 Å². The van der Waals surface area contributed by atoms with E-state index >= 15 is 0 Å². The molecule has 0 aliphatic carbocycles. The van der Waals surface area contributed by atoms with E-state index in [0.717, 1.165) is 22.1 Å². The molecule has 0 radical (unpaired) electrons. The summed E-state index contributed by atoms with van der Waals surface area (Å²) in [5, 5.41) is 12.0. The number of aliphatic carboxylic acids is 1. The molecule has 11 nitrogen and oxygen atoms in total. The number of sulfonamides is 2. The standard InChI is InChI=1S/C33H35N5O6S2/c1-37(2)29-16-5-12-23-21(29)10-7-18-31(23)45(41,42)35-27-14-9-15-28(25(27)20-26(34)33(39)40)36-46(43,44)32-19-8-11-22-24(32)13-6-17-30(22)38(3)4/h5-19,26,35-36H,20,34H2,1-4H3,(H,39,40)/t26-/m0/s1. The first-order valence-electron chi connectivity index (χ1n) is 14.3. The second-order valence-electron chi connectivity index (χ2n) is 11.2. The highest BCUT2D eigenvalue weighted by atomic mass is 32.2. The lowest BCUT2D eigenvalue weighted by molar-refractivity contribution is -0.138. The van der Waals surface area contributed by atoms with E-state index in [9.17, 15) is 26.7 Å². The van der Waals surface area contributed by atoms with Crippen LogP contribution in [0.15, 0.2) is 101 Å². The van der Waals surface area contributed by atoms with Crippen LogP contribution in [0.2, 0.25) is 0 Å². The first kappa shape index (κ1) is 32.5. The quantitative estimate of drug-likeness (QED) is 0.157. The lowest BCUT2D eigenvalue weighted by Crippen LogP contribution is -2.33. The van der Waals surface area contributed by atoms with Gasteiger partial charge in [-0.3, -0.25) is 14.2 Å². The van der Waals surface area contributed by atoms with Gasteiger partial charge in [-0.1, -0.05) is 54.6 Å². The minimum atomic E-state index is -4.25. The summed E-state index contributed by atoms with van der Waals surface area (Å²) >= 11 is 0. The number of rotatable bonds is 11. The van der Waals surface area contributed by atoms with Gasteiger partial charge in [-0.25, -0.2) is 16.8 Å². The number of nitrogens with one attached hydrogen (secondary N) is 2. The summed E-state index contributed by atoms with van der Waals surface area (Å²) in [7, 11) is -1.07. The number of carboxylic acid groups (broad SMARTS) is 1. The maximum Gasteiger partial charge on any atom is 0.320 e. The molecule has 0 saturated heterocycles. The molecule has 1 atom stereocenters. The molecule has 46 heavy (non-hydrogen) atoms. The lowest BCUT2D eigenvalue weighted by atomic mass is 10.0. The van der Waals surface area contributed by atoms with Gasteiger partial charge in [0.2, 0.25) is 0 Å². The minimum Gasteiger partial charge on any atom is -0.480 e. The van der Waals surface area contributed by atoms with E-state index in [-0.39, 0.29) is 33.2 Å². The molecule has 0 amide bonds. The predicted molar refractivity (Wildman–Crippen MR) is 184 cm³/mol. The number of carboxylic acids is 1. The number of benzene rings is 5. The zero-order chi connectivity index (χ0) is 33.4. The Morgan fingerprint density at radius 2 is 1.02 bits per heavy atom. The Labute approximate surface area is 268 Å². The van der Waals surface area contributed by atoms with Crippen molar-refractivity contribution >= 4 is 70.3 Å². The molecule has 0 heterocycles. The minimum absolute atomic E-state index is 0.000573. The van der Waals surface area contributed by atoms with E-state index < -0.39 is 32.1 Å². The normalized spacial score (nSPS) is 12.5. The van der Waals surface area contributed by atoms with Gasteiger partial charge in [0.15, 0.2) is 0 Å². The van der Waals surface area contributed by atoms with Crippen molar-refractivity contribution in [2.45, 2.75) is 22.3 Å². The number of nitrogens with zero attached hydrogens (tertiary/aromatic N) is 2. The van der Waals surface area contributed by atoms with E-state index in [0.29, 0.717) is 10.8 Å². The Morgan fingerprint density at radius 1 is 0.652 bits per heavy atom. The van der Waals surface area contributed by atoms with Crippen LogP contribution in [-0.2, 0) is 31.3 Å². The van der Waals surface area contributed by atoms with Gasteiger partial charge >= 0.3 is 5.97 Å². The molecule has 5 aromatic rings. The molecule has 0 aliphatic heterocycles. The van der Waals surface area contributed by atoms with Gasteiger partial charge in [0, 0.05) is 73.1 Å². The third kappa shape index (κ3) is 6.29. The molecular weight excluding hydrogens is 627 g/mol. The molecule has 240 valence electrons. The second-order valence-corrected chi connectivity index (χ2v) is 14.5. The summed E-state index contributed by atoms with van der Waals surface area (Å²) in [6, 6.07) is 23.5. The van der Waals surface area contributed by atoms with Crippen molar-refractivity contribution in [3.63, 3.8) is 0 Å². The van der Waals surface area contributed by atoms with Crippen molar-refractivity contribution in [1.29, 1.82) is 0 Å². The van der Waals surface area contributed by atoms with E-state index in [2.05, 4.69) is 9.44 Å². The van der Waals surface area contributed by atoms with E-state index in [1.165, 1.54) is 30.3 Å². The maximum absolute atomic E-state index is 13.9. The Bertz CT molecular complexity index is 2040. The largest absolute Gasteiger partial charge is 0.480 e. The third-order valence-corrected chi connectivity index (χ3v) is 10.5. The van der Waals surface area contributed by atoms with Crippen LogP contribution in [-0.4, -0.2) is 62.1 Å². The molecule has 0 fully saturated rings. The highest BCUT2D eigenvalue weighted by Crippen LogP contribution is 2.35. The molecule has 5 aromatic carbocycles. The summed E-state index contributed by atoms with van der Waals surface area (Å²) in [4.78, 5) is 15.6. The molecule has 0 saturated carbocycles. The molecule has 0 bridgehead atoms. The summed E-state index contributed by atoms with van der Waals surface area (Å²) in [5.41, 5.74) is 7.62. The number of hydrogen-bond donors (Lipinski definition) is 4. The molecule has 5 rings (SSSR count). The maximum atomic E-state index is 13.9. The molecule has 0 spiro atoms. The number of fused-ring (bicyclic) bond motifs is 2. The van der Waals surface area contributed by atoms with Crippen molar-refractivity contribution in [1.82, 2.24) is 0 Å². The van der Waals surface area contributed by atoms with Crippen LogP contribution < -0.4 is 25.0 Å². The van der Waals surface area contributed by atoms with Crippen molar-refractivity contribution in [2.75, 3.05) is 47.4 Å². The molecular formula is C33H35N5O6S2. The molecule has 13 heteroatoms. The SMILES string of the molecule is CN(C)c1cccc2c(S(=O)(=O)Nc3cccc(NS(=O)(=O)c4cccc5c(N(C)C)cccc45)c3C[C@H](N)C(=O)O)cccc12. The number of hydrogen-bond acceptors (Lipinski definition) is 8. The van der Waals surface area contributed by atoms with Gasteiger partial charge in [-0.15, -0.1) is 0 Å². The summed E-state index contributed by atoms with van der Waals surface area (Å²) in [6.07, 6.45) is -0.369. The fraction of sp³-hybridized carbons (Fsp3) is 0.182. The third-order valence-electron chi connectivity index (χ3n) is 7.67. The van der Waals surface area contributed by atoms with Gasteiger partial charge in [0.05, 0.1) is 21.2 Å². The van der Waals surface area contributed by atoms with Crippen molar-refractivity contribution in [3.05, 3.63) is 96.6 Å². The Hall–Kier alpha value is -4.85. The van der Waals surface area contributed by atoms with Crippen LogP contribution in [0.3, 0.4) is 0 Å². The zero-order valence-electron chi connectivity index (χ0n) is 25.7. The summed E-state index contributed by atoms with van der Waals surface area (Å²) in [6.45, 7) is 0. The smallest absolute Gasteiger partial charge is 0.320 e. The zero-order valence-corrected chi connectivity index (χ0v) is 27.4. The Kier molecular flexibility index (Phi) is 8.85. The average molecular weight is 662 g/mol. The first-order valence-corrected chi connectivity index (χ1v) is 17.2. The molecule has 0 aliphatic rings. The number of anilines is 4. The number of nitrogens with two attached hydrogens (primary N) is 1. The van der Waals surface area contributed by atoms with Gasteiger partial charge in [0.1, 0.15) is 6.04 Å². The fourth-order valence-electron chi connectivity index (χ4n) is 5.48. The highest BCUT2D eigenvalue weighted by molar-refractivity contribution is 7.93. The lowest BCUT2D eigenvalue weighted by Gasteiger charge is -2.21. The predicted octanol–water partition coefficient (Wildman–Crippen LogP) is 4.68. The van der Waals surface area contributed by atoms with Gasteiger partial charge in [0.25, 0.3) is 20.0 Å². The highest BCUT2D eigenvalue weighted by Gasteiger charge is 2.26. The van der Waals surface area contributed by atoms with Crippen molar-refractivity contribution in [3.8, 4) is 0 Å². The summed E-state index contributed by atoms with van der Waals surface area (Å²) < 4.78 is 60.8. The molecule has 0 aromatic heterocycles. The second kappa shape index (κ2) is 12.5. The average Bonchev–Trinajstić information content (AvgIpc) is 3.00. The van der Waals surface area contributed by atoms with Crippen LogP contribution in [0.5, 0.6) is 0 Å². The van der Waals surface area contributed by atoms with Crippen LogP contribution in [0.1, 0.15) is 5.56 Å². The van der Waals surface area contributed by atoms with Gasteiger partial charge < -0.3 is 20.6 Å². The van der Waals surface area contributed by atoms with Crippen LogP contribution in [0.4, 0.5) is 22.7 Å². The van der Waals surface area contributed by atoms with Crippen LogP contribution in [0, 0.1) is 0 Å². The fourth-order valence-corrected chi connectivity index (χ4v) is 8.11. The van der Waals surface area contributed by atoms with E-state index in [4.69, 9.17) is 5.73 Å². The van der Waals surface area contributed by atoms with Crippen LogP contribution in [0.25, 0.3) is 21.5 Å². The summed E-state index contributed by atoms with van der Waals surface area (Å²) in [5.74, 6) is -1.33. The molecule has 5 N–H and O–H groups in total. The monoisotopic (exact) mass is 661 g/mol. The first-order chi connectivity index (χ1) is 21.7. The van der Waals surface area contributed by atoms with Crippen molar-refractivity contribution in [2.24, 2.45) is 5.73 Å². The van der Waals surface area contributed by atoms with Crippen LogP contribution >= 0.6 is 0 Å². The van der Waals surface area contributed by atoms with E-state index in [1.807, 2.05) is 62.3 Å². The van der Waals surface area contributed by atoms with E-state index in [1.54, 1.807) is 36.4 Å². The van der Waals surface area contributed by atoms with Crippen molar-refractivity contribution < 1.29 is 26.7 Å². The number of carbonyl (C=O) groups is 1. The Morgan fingerprint density at radius 3 is 1.41 bits per heavy atom.